The van der Waals surface area contributed by atoms with E-state index < -0.39 is 0 Å². The van der Waals surface area contributed by atoms with Crippen molar-refractivity contribution in [2.24, 2.45) is 0 Å². The number of ether oxygens (including phenoxy) is 1. The van der Waals surface area contributed by atoms with Crippen LogP contribution in [0.5, 0.6) is 5.75 Å². The van der Waals surface area contributed by atoms with E-state index in [0.29, 0.717) is 17.9 Å². The van der Waals surface area contributed by atoms with Crippen molar-refractivity contribution in [3.05, 3.63) is 53.1 Å². The molecular formula is C23H25ClN4O2S. The number of aromatic nitrogens is 2. The summed E-state index contributed by atoms with van der Waals surface area (Å²) in [6, 6.07) is 14.3. The Bertz CT molecular complexity index is 1090. The van der Waals surface area contributed by atoms with Crippen molar-refractivity contribution >= 4 is 23.9 Å². The van der Waals surface area contributed by atoms with E-state index in [1.807, 2.05) is 38.1 Å². The molecule has 2 aromatic carbocycles. The average Bonchev–Trinajstić information content (AvgIpc) is 3.39. The topological polar surface area (TPSA) is 91.1 Å². The highest BCUT2D eigenvalue weighted by atomic mass is 35.5. The molecular weight excluding hydrogens is 432 g/mol. The molecule has 0 bridgehead atoms. The molecule has 8 heteroatoms. The van der Waals surface area contributed by atoms with Crippen LogP contribution < -0.4 is 10.1 Å². The fourth-order valence-corrected chi connectivity index (χ4v) is 4.54. The van der Waals surface area contributed by atoms with Crippen LogP contribution in [0.2, 0.25) is 0 Å². The lowest BCUT2D eigenvalue weighted by Gasteiger charge is -2.13. The number of nitrogens with zero attached hydrogens (tertiary/aromatic N) is 3. The van der Waals surface area contributed by atoms with Gasteiger partial charge in [-0.2, -0.15) is 9.64 Å². The first kappa shape index (κ1) is 23.2. The van der Waals surface area contributed by atoms with E-state index in [4.69, 9.17) is 14.8 Å². The summed E-state index contributed by atoms with van der Waals surface area (Å²) in [5.41, 5.74) is 4.95. The lowest BCUT2D eigenvalue weighted by Crippen LogP contribution is -2.22. The van der Waals surface area contributed by atoms with Crippen LogP contribution in [0.4, 0.5) is 0 Å². The van der Waals surface area contributed by atoms with Gasteiger partial charge < -0.3 is 15.2 Å². The third-order valence-electron chi connectivity index (χ3n) is 5.15. The van der Waals surface area contributed by atoms with Gasteiger partial charge in [-0.05, 0) is 67.5 Å². The number of nitriles is 1. The molecule has 162 valence electrons. The molecule has 0 spiro atoms. The Labute approximate surface area is 192 Å². The lowest BCUT2D eigenvalue weighted by atomic mass is 10.0. The van der Waals surface area contributed by atoms with E-state index in [1.165, 1.54) is 22.7 Å². The van der Waals surface area contributed by atoms with Crippen molar-refractivity contribution in [1.29, 1.82) is 5.26 Å². The molecule has 0 aliphatic heterocycles. The predicted molar refractivity (Wildman–Crippen MR) is 125 cm³/mol. The quantitative estimate of drug-likeness (QED) is 0.543. The van der Waals surface area contributed by atoms with E-state index in [9.17, 15) is 5.26 Å². The van der Waals surface area contributed by atoms with Gasteiger partial charge in [-0.25, -0.2) is 4.98 Å². The van der Waals surface area contributed by atoms with E-state index >= 15 is 0 Å². The number of benzene rings is 2. The summed E-state index contributed by atoms with van der Waals surface area (Å²) in [6.07, 6.45) is 1.97. The highest BCUT2D eigenvalue weighted by Crippen LogP contribution is 2.38. The summed E-state index contributed by atoms with van der Waals surface area (Å²) in [4.78, 5) is 4.78. The molecule has 1 heterocycles. The minimum absolute atomic E-state index is 0. The maximum atomic E-state index is 9.49. The van der Waals surface area contributed by atoms with Gasteiger partial charge in [-0.1, -0.05) is 18.2 Å². The number of aliphatic hydroxyl groups is 1. The Kier molecular flexibility index (Phi) is 7.63. The van der Waals surface area contributed by atoms with Crippen LogP contribution in [-0.2, 0) is 6.42 Å². The molecule has 0 saturated carbocycles. The van der Waals surface area contributed by atoms with E-state index in [-0.39, 0.29) is 31.2 Å². The number of nitrogens with one attached hydrogen (secondary N) is 1. The SMILES string of the molecule is CC(C)Oc1ccc(-c2nc(-c3cccc4c3CCC4NCCO)ns2)cc1C#N.Cl. The summed E-state index contributed by atoms with van der Waals surface area (Å²) in [6.45, 7) is 4.60. The molecule has 0 fully saturated rings. The number of hydrogen-bond donors (Lipinski definition) is 2. The molecule has 1 unspecified atom stereocenters. The minimum Gasteiger partial charge on any atom is -0.490 e. The van der Waals surface area contributed by atoms with E-state index in [1.54, 1.807) is 0 Å². The van der Waals surface area contributed by atoms with Crippen molar-refractivity contribution in [2.45, 2.75) is 38.8 Å². The second-order valence-corrected chi connectivity index (χ2v) is 8.31. The molecule has 1 aliphatic rings. The van der Waals surface area contributed by atoms with Crippen molar-refractivity contribution in [2.75, 3.05) is 13.2 Å². The normalized spacial score (nSPS) is 14.7. The molecule has 3 aromatic rings. The van der Waals surface area contributed by atoms with Crippen LogP contribution in [0, 0.1) is 11.3 Å². The second-order valence-electron chi connectivity index (χ2n) is 7.55. The lowest BCUT2D eigenvalue weighted by molar-refractivity contribution is 0.242. The van der Waals surface area contributed by atoms with Gasteiger partial charge in [0.25, 0.3) is 0 Å². The second kappa shape index (κ2) is 10.2. The minimum atomic E-state index is 0. The van der Waals surface area contributed by atoms with Gasteiger partial charge in [0.1, 0.15) is 16.8 Å². The zero-order valence-electron chi connectivity index (χ0n) is 17.5. The van der Waals surface area contributed by atoms with Gasteiger partial charge >= 0.3 is 0 Å². The number of hydrogen-bond acceptors (Lipinski definition) is 7. The van der Waals surface area contributed by atoms with E-state index in [0.717, 1.165) is 34.8 Å². The first-order valence-corrected chi connectivity index (χ1v) is 10.9. The summed E-state index contributed by atoms with van der Waals surface area (Å²) in [5.74, 6) is 1.30. The zero-order chi connectivity index (χ0) is 21.1. The number of halogens is 1. The molecule has 31 heavy (non-hydrogen) atoms. The molecule has 4 rings (SSSR count). The van der Waals surface area contributed by atoms with Gasteiger partial charge in [0, 0.05) is 23.7 Å². The Morgan fingerprint density at radius 1 is 1.32 bits per heavy atom. The average molecular weight is 457 g/mol. The Morgan fingerprint density at radius 3 is 2.90 bits per heavy atom. The Morgan fingerprint density at radius 2 is 2.16 bits per heavy atom. The fraction of sp³-hybridized carbons (Fsp3) is 0.348. The Balaban J connectivity index is 0.00000272. The molecule has 0 radical (unpaired) electrons. The first-order valence-electron chi connectivity index (χ1n) is 10.1. The van der Waals surface area contributed by atoms with Crippen molar-refractivity contribution < 1.29 is 9.84 Å². The number of rotatable bonds is 7. The van der Waals surface area contributed by atoms with Crippen LogP contribution in [-0.4, -0.2) is 33.7 Å². The third-order valence-corrected chi connectivity index (χ3v) is 5.91. The molecule has 6 nitrogen and oxygen atoms in total. The van der Waals surface area contributed by atoms with Crippen LogP contribution in [0.25, 0.3) is 22.0 Å². The fourth-order valence-electron chi connectivity index (χ4n) is 3.87. The molecule has 0 amide bonds. The molecule has 0 saturated heterocycles. The first-order chi connectivity index (χ1) is 14.6. The van der Waals surface area contributed by atoms with Gasteiger partial charge in [0.2, 0.25) is 0 Å². The zero-order valence-corrected chi connectivity index (χ0v) is 19.1. The van der Waals surface area contributed by atoms with Gasteiger partial charge in [0.15, 0.2) is 5.82 Å². The summed E-state index contributed by atoms with van der Waals surface area (Å²) in [7, 11) is 0. The third kappa shape index (κ3) is 4.89. The monoisotopic (exact) mass is 456 g/mol. The Hall–Kier alpha value is -2.50. The predicted octanol–water partition coefficient (Wildman–Crippen LogP) is 4.52. The summed E-state index contributed by atoms with van der Waals surface area (Å²) in [5, 5.41) is 22.8. The number of aliphatic hydroxyl groups excluding tert-OH is 1. The smallest absolute Gasteiger partial charge is 0.173 e. The van der Waals surface area contributed by atoms with Crippen LogP contribution in [0.1, 0.15) is 43.0 Å². The largest absolute Gasteiger partial charge is 0.490 e. The molecule has 2 N–H and O–H groups in total. The standard InChI is InChI=1S/C23H24N4O2S.ClH/c1-14(2)29-21-9-6-15(12-16(21)13-24)23-26-22(27-30-23)19-5-3-4-18-17(19)7-8-20(18)25-10-11-28;/h3-6,9,12,14,20,25,28H,7-8,10-11H2,1-2H3;1H. The summed E-state index contributed by atoms with van der Waals surface area (Å²) < 4.78 is 10.3. The number of fused-ring (bicyclic) bond motifs is 1. The maximum Gasteiger partial charge on any atom is 0.173 e. The molecule has 1 aliphatic carbocycles. The van der Waals surface area contributed by atoms with Gasteiger partial charge in [-0.3, -0.25) is 0 Å². The molecule has 1 aromatic heterocycles. The van der Waals surface area contributed by atoms with E-state index in [2.05, 4.69) is 27.9 Å². The summed E-state index contributed by atoms with van der Waals surface area (Å²) >= 11 is 1.34. The van der Waals surface area contributed by atoms with Crippen molar-refractivity contribution in [1.82, 2.24) is 14.7 Å². The van der Waals surface area contributed by atoms with Crippen LogP contribution in [0.15, 0.2) is 36.4 Å². The highest BCUT2D eigenvalue weighted by Gasteiger charge is 2.25. The van der Waals surface area contributed by atoms with Gasteiger partial charge in [-0.15, -0.1) is 12.4 Å². The van der Waals surface area contributed by atoms with Crippen molar-refractivity contribution in [3.63, 3.8) is 0 Å². The van der Waals surface area contributed by atoms with Gasteiger partial charge in [0.05, 0.1) is 18.3 Å². The van der Waals surface area contributed by atoms with Crippen LogP contribution in [0.3, 0.4) is 0 Å². The highest BCUT2D eigenvalue weighted by molar-refractivity contribution is 7.09. The van der Waals surface area contributed by atoms with Crippen molar-refractivity contribution in [3.8, 4) is 33.8 Å². The van der Waals surface area contributed by atoms with Crippen LogP contribution >= 0.6 is 23.9 Å². The maximum absolute atomic E-state index is 9.49. The molecule has 1 atom stereocenters.